The summed E-state index contributed by atoms with van der Waals surface area (Å²) < 4.78 is 5.34. The van der Waals surface area contributed by atoms with Crippen molar-refractivity contribution >= 4 is 23.9 Å². The van der Waals surface area contributed by atoms with Crippen LogP contribution in [-0.4, -0.2) is 55.2 Å². The summed E-state index contributed by atoms with van der Waals surface area (Å²) in [5.41, 5.74) is 4.41. The molecule has 3 rings (SSSR count). The van der Waals surface area contributed by atoms with Crippen LogP contribution in [-0.2, 0) is 19.1 Å². The Morgan fingerprint density at radius 3 is 2.00 bits per heavy atom. The lowest BCUT2D eigenvalue weighted by Crippen LogP contribution is -2.43. The van der Waals surface area contributed by atoms with Crippen LogP contribution in [0.3, 0.4) is 0 Å². The van der Waals surface area contributed by atoms with E-state index in [4.69, 9.17) is 9.84 Å². The number of ether oxygens (including phenoxy) is 1. The Morgan fingerprint density at radius 2 is 1.41 bits per heavy atom. The summed E-state index contributed by atoms with van der Waals surface area (Å²) in [7, 11) is 0. The van der Waals surface area contributed by atoms with Gasteiger partial charge in [-0.1, -0.05) is 55.5 Å². The molecule has 1 aliphatic rings. The molecule has 0 saturated heterocycles. The molecular formula is C23H25N3O6. The molecule has 9 nitrogen and oxygen atoms in total. The van der Waals surface area contributed by atoms with Crippen molar-refractivity contribution in [3.8, 4) is 11.1 Å². The predicted molar refractivity (Wildman–Crippen MR) is 116 cm³/mol. The SMILES string of the molecule is CC(CNC(=O)CNC(=O)CNC(=O)OCC1c2ccccc2-c2ccccc21)C(=O)O. The molecule has 0 aliphatic heterocycles. The van der Waals surface area contributed by atoms with Gasteiger partial charge in [0.2, 0.25) is 11.8 Å². The molecule has 9 heteroatoms. The van der Waals surface area contributed by atoms with Gasteiger partial charge in [0.1, 0.15) is 13.2 Å². The molecule has 32 heavy (non-hydrogen) atoms. The van der Waals surface area contributed by atoms with Crippen LogP contribution < -0.4 is 16.0 Å². The second-order valence-electron chi connectivity index (χ2n) is 7.50. The number of carbonyl (C=O) groups is 4. The summed E-state index contributed by atoms with van der Waals surface area (Å²) in [6.45, 7) is 0.875. The number of amides is 3. The number of hydrogen-bond acceptors (Lipinski definition) is 5. The van der Waals surface area contributed by atoms with Crippen LogP contribution >= 0.6 is 0 Å². The first-order valence-corrected chi connectivity index (χ1v) is 10.2. The molecule has 3 amide bonds. The molecule has 0 spiro atoms. The highest BCUT2D eigenvalue weighted by molar-refractivity contribution is 5.87. The van der Waals surface area contributed by atoms with Gasteiger partial charge in [-0.3, -0.25) is 14.4 Å². The molecule has 1 atom stereocenters. The van der Waals surface area contributed by atoms with Gasteiger partial charge in [0.05, 0.1) is 12.5 Å². The van der Waals surface area contributed by atoms with Crippen molar-refractivity contribution in [2.75, 3.05) is 26.2 Å². The highest BCUT2D eigenvalue weighted by Gasteiger charge is 2.29. The second kappa shape index (κ2) is 10.4. The maximum Gasteiger partial charge on any atom is 0.407 e. The standard InChI is InChI=1S/C23H25N3O6/c1-14(22(29)30)10-24-20(27)11-25-21(28)12-26-23(31)32-13-19-17-8-4-2-6-15(17)16-7-3-5-9-18(16)19/h2-9,14,19H,10-13H2,1H3,(H,24,27)(H,25,28)(H,26,31)(H,29,30). The monoisotopic (exact) mass is 439 g/mol. The van der Waals surface area contributed by atoms with Crippen LogP contribution in [0.25, 0.3) is 11.1 Å². The first kappa shape index (κ1) is 22.8. The first-order chi connectivity index (χ1) is 15.4. The van der Waals surface area contributed by atoms with Gasteiger partial charge in [0, 0.05) is 12.5 Å². The van der Waals surface area contributed by atoms with Gasteiger partial charge < -0.3 is 25.8 Å². The van der Waals surface area contributed by atoms with Gasteiger partial charge in [0.25, 0.3) is 0 Å². The summed E-state index contributed by atoms with van der Waals surface area (Å²) >= 11 is 0. The minimum Gasteiger partial charge on any atom is -0.481 e. The third-order valence-corrected chi connectivity index (χ3v) is 5.21. The smallest absolute Gasteiger partial charge is 0.407 e. The van der Waals surface area contributed by atoms with Crippen LogP contribution in [0.4, 0.5) is 4.79 Å². The number of fused-ring (bicyclic) bond motifs is 3. The third kappa shape index (κ3) is 5.63. The molecular weight excluding hydrogens is 414 g/mol. The molecule has 0 aromatic heterocycles. The highest BCUT2D eigenvalue weighted by atomic mass is 16.5. The maximum absolute atomic E-state index is 12.1. The molecule has 168 valence electrons. The predicted octanol–water partition coefficient (Wildman–Crippen LogP) is 1.48. The van der Waals surface area contributed by atoms with Crippen molar-refractivity contribution in [3.05, 3.63) is 59.7 Å². The number of aliphatic carboxylic acids is 1. The first-order valence-electron chi connectivity index (χ1n) is 10.2. The average molecular weight is 439 g/mol. The number of benzene rings is 2. The topological polar surface area (TPSA) is 134 Å². The van der Waals surface area contributed by atoms with Crippen molar-refractivity contribution < 1.29 is 29.0 Å². The van der Waals surface area contributed by atoms with Gasteiger partial charge in [-0.05, 0) is 22.3 Å². The van der Waals surface area contributed by atoms with E-state index in [1.54, 1.807) is 0 Å². The molecule has 4 N–H and O–H groups in total. The van der Waals surface area contributed by atoms with Gasteiger partial charge in [-0.2, -0.15) is 0 Å². The van der Waals surface area contributed by atoms with Crippen molar-refractivity contribution in [1.29, 1.82) is 0 Å². The van der Waals surface area contributed by atoms with Crippen molar-refractivity contribution in [3.63, 3.8) is 0 Å². The number of hydrogen-bond donors (Lipinski definition) is 4. The quantitative estimate of drug-likeness (QED) is 0.468. The lowest BCUT2D eigenvalue weighted by molar-refractivity contribution is -0.141. The molecule has 0 fully saturated rings. The Balaban J connectivity index is 1.41. The van der Waals surface area contributed by atoms with Crippen molar-refractivity contribution in [1.82, 2.24) is 16.0 Å². The number of rotatable bonds is 9. The van der Waals surface area contributed by atoms with Crippen molar-refractivity contribution in [2.24, 2.45) is 5.92 Å². The Kier molecular flexibility index (Phi) is 7.43. The van der Waals surface area contributed by atoms with Gasteiger partial charge in [0.15, 0.2) is 0 Å². The number of carboxylic acid groups (broad SMARTS) is 1. The molecule has 1 aliphatic carbocycles. The second-order valence-corrected chi connectivity index (χ2v) is 7.50. The van der Waals surface area contributed by atoms with E-state index < -0.39 is 29.8 Å². The van der Waals surface area contributed by atoms with E-state index in [0.717, 1.165) is 22.3 Å². The van der Waals surface area contributed by atoms with E-state index in [2.05, 4.69) is 16.0 Å². The Morgan fingerprint density at radius 1 is 0.875 bits per heavy atom. The maximum atomic E-state index is 12.1. The van der Waals surface area contributed by atoms with Gasteiger partial charge in [-0.25, -0.2) is 4.79 Å². The van der Waals surface area contributed by atoms with Crippen molar-refractivity contribution in [2.45, 2.75) is 12.8 Å². The normalized spacial score (nSPS) is 12.8. The van der Waals surface area contributed by atoms with E-state index in [9.17, 15) is 19.2 Å². The molecule has 2 aromatic carbocycles. The summed E-state index contributed by atoms with van der Waals surface area (Å²) in [5.74, 6) is -2.93. The number of carboxylic acids is 1. The fraction of sp³-hybridized carbons (Fsp3) is 0.304. The Hall–Kier alpha value is -3.88. The fourth-order valence-corrected chi connectivity index (χ4v) is 3.46. The molecule has 2 aromatic rings. The molecule has 1 unspecified atom stereocenters. The summed E-state index contributed by atoms with van der Waals surface area (Å²) in [4.78, 5) is 46.2. The van der Waals surface area contributed by atoms with Crippen LogP contribution in [0.15, 0.2) is 48.5 Å². The number of alkyl carbamates (subject to hydrolysis) is 1. The van der Waals surface area contributed by atoms with Crippen LogP contribution in [0, 0.1) is 5.92 Å². The minimum absolute atomic E-state index is 0.0396. The average Bonchev–Trinajstić information content (AvgIpc) is 3.12. The summed E-state index contributed by atoms with van der Waals surface area (Å²) in [6.07, 6.45) is -0.734. The lowest BCUT2D eigenvalue weighted by Gasteiger charge is -2.14. The lowest BCUT2D eigenvalue weighted by atomic mass is 9.98. The largest absolute Gasteiger partial charge is 0.481 e. The Labute approximate surface area is 185 Å². The number of nitrogens with one attached hydrogen (secondary N) is 3. The molecule has 0 bridgehead atoms. The van der Waals surface area contributed by atoms with E-state index in [1.165, 1.54) is 6.92 Å². The fourth-order valence-electron chi connectivity index (χ4n) is 3.46. The van der Waals surface area contributed by atoms with Crippen LogP contribution in [0.2, 0.25) is 0 Å². The van der Waals surface area contributed by atoms with E-state index in [-0.39, 0.29) is 32.2 Å². The zero-order chi connectivity index (χ0) is 23.1. The molecule has 0 saturated carbocycles. The minimum atomic E-state index is -1.03. The van der Waals surface area contributed by atoms with Gasteiger partial charge in [-0.15, -0.1) is 0 Å². The third-order valence-electron chi connectivity index (χ3n) is 5.21. The molecule has 0 radical (unpaired) electrons. The summed E-state index contributed by atoms with van der Waals surface area (Å²) in [6, 6.07) is 15.9. The van der Waals surface area contributed by atoms with E-state index >= 15 is 0 Å². The summed E-state index contributed by atoms with van der Waals surface area (Å²) in [5, 5.41) is 15.9. The zero-order valence-electron chi connectivity index (χ0n) is 17.6. The number of carbonyl (C=O) groups excluding carboxylic acids is 3. The zero-order valence-corrected chi connectivity index (χ0v) is 17.6. The Bertz CT molecular complexity index is 977. The van der Waals surface area contributed by atoms with Crippen LogP contribution in [0.5, 0.6) is 0 Å². The molecule has 0 heterocycles. The van der Waals surface area contributed by atoms with E-state index in [1.807, 2.05) is 48.5 Å². The van der Waals surface area contributed by atoms with Gasteiger partial charge >= 0.3 is 12.1 Å². The highest BCUT2D eigenvalue weighted by Crippen LogP contribution is 2.44. The van der Waals surface area contributed by atoms with E-state index in [0.29, 0.717) is 0 Å². The van der Waals surface area contributed by atoms with Crippen LogP contribution in [0.1, 0.15) is 24.0 Å².